The van der Waals surface area contributed by atoms with Crippen LogP contribution >= 0.6 is 0 Å². The number of rotatable bonds is 4. The Morgan fingerprint density at radius 3 is 2.65 bits per heavy atom. The Bertz CT molecular complexity index is 632. The Morgan fingerprint density at radius 1 is 1.20 bits per heavy atom. The molecule has 20 heavy (non-hydrogen) atoms. The fraction of sp³-hybridized carbons (Fsp3) is 0.125. The van der Waals surface area contributed by atoms with Crippen LogP contribution in [0.4, 0.5) is 0 Å². The van der Waals surface area contributed by atoms with Gasteiger partial charge in [0.2, 0.25) is 0 Å². The van der Waals surface area contributed by atoms with Gasteiger partial charge in [-0.2, -0.15) is 5.26 Å². The number of nitriles is 1. The highest BCUT2D eigenvalue weighted by atomic mass is 16.3. The van der Waals surface area contributed by atoms with Crippen LogP contribution in [0.3, 0.4) is 0 Å². The van der Waals surface area contributed by atoms with Gasteiger partial charge in [0.05, 0.1) is 11.6 Å². The average molecular weight is 266 g/mol. The van der Waals surface area contributed by atoms with Crippen molar-refractivity contribution in [1.82, 2.24) is 5.32 Å². The lowest BCUT2D eigenvalue weighted by Gasteiger charge is -2.11. The molecule has 0 saturated heterocycles. The molecular weight excluding hydrogens is 252 g/mol. The highest BCUT2D eigenvalue weighted by molar-refractivity contribution is 5.81. The van der Waals surface area contributed by atoms with Crippen LogP contribution in [-0.4, -0.2) is 11.0 Å². The molecule has 100 valence electrons. The van der Waals surface area contributed by atoms with Crippen molar-refractivity contribution in [3.63, 3.8) is 0 Å². The van der Waals surface area contributed by atoms with Crippen LogP contribution in [0.15, 0.2) is 54.6 Å². The van der Waals surface area contributed by atoms with Crippen molar-refractivity contribution >= 4 is 5.91 Å². The van der Waals surface area contributed by atoms with Gasteiger partial charge in [-0.15, -0.1) is 0 Å². The zero-order chi connectivity index (χ0) is 14.4. The van der Waals surface area contributed by atoms with E-state index in [1.807, 2.05) is 18.2 Å². The molecule has 2 aromatic rings. The van der Waals surface area contributed by atoms with Crippen molar-refractivity contribution in [2.45, 2.75) is 12.6 Å². The zero-order valence-corrected chi connectivity index (χ0v) is 10.8. The number of aliphatic hydroxyl groups excluding tert-OH is 1. The van der Waals surface area contributed by atoms with Crippen LogP contribution in [0, 0.1) is 11.3 Å². The summed E-state index contributed by atoms with van der Waals surface area (Å²) in [6.45, 7) is 0.276. The second-order valence-electron chi connectivity index (χ2n) is 4.34. The zero-order valence-electron chi connectivity index (χ0n) is 10.8. The molecule has 0 aliphatic heterocycles. The molecule has 1 atom stereocenters. The van der Waals surface area contributed by atoms with Crippen LogP contribution in [0.2, 0.25) is 0 Å². The summed E-state index contributed by atoms with van der Waals surface area (Å²) in [5.41, 5.74) is 1.91. The largest absolute Gasteiger partial charge is 0.378 e. The fourth-order valence-corrected chi connectivity index (χ4v) is 1.82. The smallest absolute Gasteiger partial charge is 0.253 e. The number of aliphatic hydroxyl groups is 1. The summed E-state index contributed by atoms with van der Waals surface area (Å²) in [4.78, 5) is 11.8. The number of hydrogen-bond donors (Lipinski definition) is 2. The van der Waals surface area contributed by atoms with Gasteiger partial charge in [-0.3, -0.25) is 4.79 Å². The van der Waals surface area contributed by atoms with Gasteiger partial charge < -0.3 is 10.4 Å². The van der Waals surface area contributed by atoms with E-state index in [2.05, 4.69) is 5.32 Å². The van der Waals surface area contributed by atoms with Gasteiger partial charge in [0.25, 0.3) is 5.91 Å². The molecule has 2 rings (SSSR count). The van der Waals surface area contributed by atoms with Crippen molar-refractivity contribution in [3.05, 3.63) is 71.3 Å². The minimum atomic E-state index is -1.18. The van der Waals surface area contributed by atoms with Gasteiger partial charge in [0.1, 0.15) is 0 Å². The van der Waals surface area contributed by atoms with Gasteiger partial charge >= 0.3 is 0 Å². The first-order valence-electron chi connectivity index (χ1n) is 6.20. The lowest BCUT2D eigenvalue weighted by Crippen LogP contribution is -2.28. The number of hydrogen-bond acceptors (Lipinski definition) is 3. The standard InChI is InChI=1S/C16H14N2O2/c17-10-12-5-4-6-13(9-12)11-18-16(20)15(19)14-7-2-1-3-8-14/h1-9,15,19H,11H2,(H,18,20). The van der Waals surface area contributed by atoms with E-state index in [1.165, 1.54) is 0 Å². The molecule has 0 radical (unpaired) electrons. The van der Waals surface area contributed by atoms with Crippen molar-refractivity contribution < 1.29 is 9.90 Å². The van der Waals surface area contributed by atoms with E-state index in [4.69, 9.17) is 5.26 Å². The molecular formula is C16H14N2O2. The highest BCUT2D eigenvalue weighted by Gasteiger charge is 2.16. The molecule has 1 unspecified atom stereocenters. The number of benzene rings is 2. The molecule has 2 N–H and O–H groups in total. The van der Waals surface area contributed by atoms with Gasteiger partial charge in [-0.1, -0.05) is 42.5 Å². The monoisotopic (exact) mass is 266 g/mol. The van der Waals surface area contributed by atoms with E-state index < -0.39 is 12.0 Å². The van der Waals surface area contributed by atoms with Crippen molar-refractivity contribution in [3.8, 4) is 6.07 Å². The average Bonchev–Trinajstić information content (AvgIpc) is 2.53. The topological polar surface area (TPSA) is 73.1 Å². The number of carbonyl (C=O) groups is 1. The van der Waals surface area contributed by atoms with E-state index >= 15 is 0 Å². The van der Waals surface area contributed by atoms with Crippen LogP contribution in [0.5, 0.6) is 0 Å². The normalized spacial score (nSPS) is 11.4. The van der Waals surface area contributed by atoms with Crippen molar-refractivity contribution in [1.29, 1.82) is 5.26 Å². The highest BCUT2D eigenvalue weighted by Crippen LogP contribution is 2.12. The van der Waals surface area contributed by atoms with Crippen LogP contribution < -0.4 is 5.32 Å². The Labute approximate surface area is 117 Å². The third-order valence-electron chi connectivity index (χ3n) is 2.89. The Hall–Kier alpha value is -2.64. The number of amides is 1. The second-order valence-corrected chi connectivity index (χ2v) is 4.34. The predicted molar refractivity (Wildman–Crippen MR) is 74.4 cm³/mol. The van der Waals surface area contributed by atoms with Gasteiger partial charge in [-0.25, -0.2) is 0 Å². The van der Waals surface area contributed by atoms with Gasteiger partial charge in [0, 0.05) is 6.54 Å². The maximum Gasteiger partial charge on any atom is 0.253 e. The van der Waals surface area contributed by atoms with Gasteiger partial charge in [0.15, 0.2) is 6.10 Å². The summed E-state index contributed by atoms with van der Waals surface area (Å²) in [6.07, 6.45) is -1.18. The number of carbonyl (C=O) groups excluding carboxylic acids is 1. The maximum atomic E-state index is 11.8. The molecule has 4 nitrogen and oxygen atoms in total. The molecule has 0 aliphatic rings. The summed E-state index contributed by atoms with van der Waals surface area (Å²) >= 11 is 0. The third-order valence-corrected chi connectivity index (χ3v) is 2.89. The predicted octanol–water partition coefficient (Wildman–Crippen LogP) is 1.91. The van der Waals surface area contributed by atoms with E-state index in [9.17, 15) is 9.90 Å². The summed E-state index contributed by atoms with van der Waals surface area (Å²) < 4.78 is 0. The minimum absolute atomic E-state index is 0.276. The molecule has 0 fully saturated rings. The first-order valence-corrected chi connectivity index (χ1v) is 6.20. The SMILES string of the molecule is N#Cc1cccc(CNC(=O)C(O)c2ccccc2)c1. The maximum absolute atomic E-state index is 11.8. The third kappa shape index (κ3) is 3.44. The van der Waals surface area contributed by atoms with Crippen LogP contribution in [0.1, 0.15) is 22.8 Å². The fourth-order valence-electron chi connectivity index (χ4n) is 1.82. The molecule has 2 aromatic carbocycles. The molecule has 0 spiro atoms. The lowest BCUT2D eigenvalue weighted by molar-refractivity contribution is -0.129. The molecule has 0 heterocycles. The van der Waals surface area contributed by atoms with Crippen LogP contribution in [-0.2, 0) is 11.3 Å². The summed E-state index contributed by atoms with van der Waals surface area (Å²) in [6, 6.07) is 17.8. The number of nitrogens with one attached hydrogen (secondary N) is 1. The lowest BCUT2D eigenvalue weighted by atomic mass is 10.1. The minimum Gasteiger partial charge on any atom is -0.378 e. The first kappa shape index (κ1) is 13.8. The Balaban J connectivity index is 1.97. The van der Waals surface area contributed by atoms with Crippen molar-refractivity contribution in [2.24, 2.45) is 0 Å². The van der Waals surface area contributed by atoms with Crippen LogP contribution in [0.25, 0.3) is 0 Å². The van der Waals surface area contributed by atoms with Gasteiger partial charge in [-0.05, 0) is 23.3 Å². The second kappa shape index (κ2) is 6.50. The molecule has 4 heteroatoms. The van der Waals surface area contributed by atoms with E-state index in [0.717, 1.165) is 5.56 Å². The quantitative estimate of drug-likeness (QED) is 0.887. The molecule has 1 amide bonds. The molecule has 0 saturated carbocycles. The van der Waals surface area contributed by atoms with Crippen molar-refractivity contribution in [2.75, 3.05) is 0 Å². The van der Waals surface area contributed by atoms with E-state index in [0.29, 0.717) is 11.1 Å². The Morgan fingerprint density at radius 2 is 1.95 bits per heavy atom. The first-order chi connectivity index (χ1) is 9.70. The summed E-state index contributed by atoms with van der Waals surface area (Å²) in [5, 5.41) is 21.4. The summed E-state index contributed by atoms with van der Waals surface area (Å²) in [5.74, 6) is -0.460. The van der Waals surface area contributed by atoms with E-state index in [1.54, 1.807) is 42.5 Å². The molecule has 0 bridgehead atoms. The summed E-state index contributed by atoms with van der Waals surface area (Å²) in [7, 11) is 0. The van der Waals surface area contributed by atoms with E-state index in [-0.39, 0.29) is 6.54 Å². The Kier molecular flexibility index (Phi) is 4.48. The molecule has 0 aromatic heterocycles. The molecule has 0 aliphatic carbocycles. The number of nitrogens with zero attached hydrogens (tertiary/aromatic N) is 1.